The van der Waals surface area contributed by atoms with Gasteiger partial charge in [-0.3, -0.25) is 9.59 Å². The summed E-state index contributed by atoms with van der Waals surface area (Å²) in [7, 11) is 0. The van der Waals surface area contributed by atoms with Gasteiger partial charge in [0, 0.05) is 19.1 Å². The van der Waals surface area contributed by atoms with Crippen molar-refractivity contribution in [3.63, 3.8) is 0 Å². The molecule has 0 spiro atoms. The van der Waals surface area contributed by atoms with Crippen LogP contribution in [0.5, 0.6) is 0 Å². The van der Waals surface area contributed by atoms with Crippen LogP contribution in [0, 0.1) is 5.92 Å². The van der Waals surface area contributed by atoms with E-state index in [1.807, 2.05) is 0 Å². The highest BCUT2D eigenvalue weighted by molar-refractivity contribution is 6.42. The Bertz CT molecular complexity index is 677. The average molecular weight is 399 g/mol. The van der Waals surface area contributed by atoms with Crippen molar-refractivity contribution >= 4 is 35.1 Å². The Morgan fingerprint density at radius 1 is 1.12 bits per heavy atom. The number of halogens is 2. The number of benzene rings is 1. The van der Waals surface area contributed by atoms with E-state index in [4.69, 9.17) is 23.2 Å². The molecule has 5 nitrogen and oxygen atoms in total. The van der Waals surface area contributed by atoms with E-state index in [1.165, 1.54) is 12.8 Å². The number of rotatable bonds is 5. The number of carbonyl (C=O) groups excluding carboxylic acids is 1. The van der Waals surface area contributed by atoms with E-state index in [1.54, 1.807) is 23.1 Å². The smallest absolute Gasteiger partial charge is 0.308 e. The van der Waals surface area contributed by atoms with Crippen molar-refractivity contribution in [2.24, 2.45) is 5.92 Å². The predicted octanol–water partition coefficient (Wildman–Crippen LogP) is 3.32. The lowest BCUT2D eigenvalue weighted by molar-refractivity contribution is -0.147. The summed E-state index contributed by atoms with van der Waals surface area (Å²) in [6.07, 6.45) is 3.97. The molecule has 1 N–H and O–H groups in total. The molecular formula is C19H24Cl2N2O3. The summed E-state index contributed by atoms with van der Waals surface area (Å²) in [5, 5.41) is 10.3. The van der Waals surface area contributed by atoms with Gasteiger partial charge in [-0.2, -0.15) is 0 Å². The van der Waals surface area contributed by atoms with E-state index in [0.717, 1.165) is 31.6 Å². The van der Waals surface area contributed by atoms with Crippen molar-refractivity contribution < 1.29 is 14.7 Å². The number of aliphatic carboxylic acids is 1. The summed E-state index contributed by atoms with van der Waals surface area (Å²) in [5.41, 5.74) is 0.793. The molecular weight excluding hydrogens is 375 g/mol. The summed E-state index contributed by atoms with van der Waals surface area (Å²) in [4.78, 5) is 28.5. The minimum Gasteiger partial charge on any atom is -0.481 e. The zero-order chi connectivity index (χ0) is 18.7. The van der Waals surface area contributed by atoms with Crippen LogP contribution < -0.4 is 0 Å². The van der Waals surface area contributed by atoms with E-state index >= 15 is 0 Å². The van der Waals surface area contributed by atoms with Crippen LogP contribution in [0.25, 0.3) is 0 Å². The van der Waals surface area contributed by atoms with Gasteiger partial charge < -0.3 is 14.9 Å². The Hall–Kier alpha value is -1.30. The highest BCUT2D eigenvalue weighted by Crippen LogP contribution is 2.27. The highest BCUT2D eigenvalue weighted by Gasteiger charge is 2.35. The second kappa shape index (κ2) is 8.59. The van der Waals surface area contributed by atoms with Gasteiger partial charge in [0.1, 0.15) is 0 Å². The summed E-state index contributed by atoms with van der Waals surface area (Å²) < 4.78 is 0. The van der Waals surface area contributed by atoms with E-state index in [0.29, 0.717) is 16.5 Å². The molecule has 2 aliphatic rings. The zero-order valence-corrected chi connectivity index (χ0v) is 16.2. The number of amides is 1. The number of nitrogens with zero attached hydrogens (tertiary/aromatic N) is 2. The maximum atomic E-state index is 13.0. The van der Waals surface area contributed by atoms with Crippen LogP contribution in [0.1, 0.15) is 31.2 Å². The second-order valence-electron chi connectivity index (χ2n) is 7.25. The second-order valence-corrected chi connectivity index (χ2v) is 8.06. The zero-order valence-electron chi connectivity index (χ0n) is 14.7. The first-order valence-electron chi connectivity index (χ1n) is 9.12. The number of piperidine rings is 1. The van der Waals surface area contributed by atoms with Crippen molar-refractivity contribution in [3.8, 4) is 0 Å². The third kappa shape index (κ3) is 4.70. The van der Waals surface area contributed by atoms with Gasteiger partial charge in [0.05, 0.1) is 22.4 Å². The van der Waals surface area contributed by atoms with Crippen LogP contribution in [0.2, 0.25) is 10.0 Å². The van der Waals surface area contributed by atoms with E-state index in [9.17, 15) is 14.7 Å². The molecule has 2 aliphatic heterocycles. The van der Waals surface area contributed by atoms with Crippen LogP contribution in [-0.4, -0.2) is 59.0 Å². The quantitative estimate of drug-likeness (QED) is 0.825. The Labute approximate surface area is 163 Å². The summed E-state index contributed by atoms with van der Waals surface area (Å²) >= 11 is 12.0. The van der Waals surface area contributed by atoms with Gasteiger partial charge >= 0.3 is 5.97 Å². The van der Waals surface area contributed by atoms with Gasteiger partial charge in [-0.25, -0.2) is 0 Å². The lowest BCUT2D eigenvalue weighted by atomic mass is 9.91. The summed E-state index contributed by atoms with van der Waals surface area (Å²) in [5.74, 6) is -1.35. The molecule has 0 aromatic heterocycles. The van der Waals surface area contributed by atoms with Crippen molar-refractivity contribution in [3.05, 3.63) is 33.8 Å². The summed E-state index contributed by atoms with van der Waals surface area (Å²) in [6, 6.07) is 5.26. The molecule has 26 heavy (non-hydrogen) atoms. The van der Waals surface area contributed by atoms with Crippen LogP contribution in [0.4, 0.5) is 0 Å². The molecule has 142 valence electrons. The lowest BCUT2D eigenvalue weighted by Gasteiger charge is -2.40. The molecule has 0 radical (unpaired) electrons. The van der Waals surface area contributed by atoms with Crippen LogP contribution in [-0.2, 0) is 16.0 Å². The number of carboxylic acids is 1. The molecule has 0 aliphatic carbocycles. The normalized spacial score (nSPS) is 24.0. The Morgan fingerprint density at radius 2 is 1.85 bits per heavy atom. The van der Waals surface area contributed by atoms with Gasteiger partial charge in [-0.1, -0.05) is 29.3 Å². The van der Waals surface area contributed by atoms with Gasteiger partial charge in [0.25, 0.3) is 0 Å². The van der Waals surface area contributed by atoms with Crippen molar-refractivity contribution in [2.75, 3.05) is 26.2 Å². The monoisotopic (exact) mass is 398 g/mol. The SMILES string of the molecule is O=C(O)C1CCC(CN2CCCC2)N(C(=O)Cc2ccc(Cl)c(Cl)c2)C1. The first kappa shape index (κ1) is 19.5. The van der Waals surface area contributed by atoms with E-state index in [2.05, 4.69) is 4.90 Å². The third-order valence-corrected chi connectivity index (χ3v) is 6.12. The predicted molar refractivity (Wildman–Crippen MR) is 102 cm³/mol. The van der Waals surface area contributed by atoms with Gasteiger partial charge in [-0.15, -0.1) is 0 Å². The third-order valence-electron chi connectivity index (χ3n) is 5.38. The minimum absolute atomic E-state index is 0.0430. The topological polar surface area (TPSA) is 60.9 Å². The van der Waals surface area contributed by atoms with Crippen LogP contribution in [0.3, 0.4) is 0 Å². The largest absolute Gasteiger partial charge is 0.481 e. The van der Waals surface area contributed by atoms with Crippen molar-refractivity contribution in [2.45, 2.75) is 38.1 Å². The Balaban J connectivity index is 1.72. The maximum Gasteiger partial charge on any atom is 0.308 e. The van der Waals surface area contributed by atoms with Crippen LogP contribution in [0.15, 0.2) is 18.2 Å². The molecule has 7 heteroatoms. The fourth-order valence-corrected chi connectivity index (χ4v) is 4.23. The van der Waals surface area contributed by atoms with Crippen LogP contribution >= 0.6 is 23.2 Å². The maximum absolute atomic E-state index is 13.0. The standard InChI is InChI=1S/C19H24Cl2N2O3/c20-16-6-3-13(9-17(16)21)10-18(24)23-11-14(19(25)26)4-5-15(23)12-22-7-1-2-8-22/h3,6,9,14-15H,1-2,4-5,7-8,10-12H2,(H,25,26). The molecule has 2 atom stereocenters. The Morgan fingerprint density at radius 3 is 2.50 bits per heavy atom. The lowest BCUT2D eigenvalue weighted by Crippen LogP contribution is -2.53. The van der Waals surface area contributed by atoms with Gasteiger partial charge in [0.2, 0.25) is 5.91 Å². The molecule has 2 heterocycles. The molecule has 1 amide bonds. The Kier molecular flexibility index (Phi) is 6.43. The van der Waals surface area contributed by atoms with Gasteiger partial charge in [0.15, 0.2) is 0 Å². The molecule has 2 saturated heterocycles. The fraction of sp³-hybridized carbons (Fsp3) is 0.579. The molecule has 2 fully saturated rings. The molecule has 2 unspecified atom stereocenters. The number of carboxylic acid groups (broad SMARTS) is 1. The average Bonchev–Trinajstić information content (AvgIpc) is 3.11. The fourth-order valence-electron chi connectivity index (χ4n) is 3.91. The highest BCUT2D eigenvalue weighted by atomic mass is 35.5. The van der Waals surface area contributed by atoms with Crippen molar-refractivity contribution in [1.29, 1.82) is 0 Å². The number of carbonyl (C=O) groups is 2. The minimum atomic E-state index is -0.822. The molecule has 3 rings (SSSR count). The van der Waals surface area contributed by atoms with E-state index < -0.39 is 11.9 Å². The molecule has 0 bridgehead atoms. The van der Waals surface area contributed by atoms with Crippen molar-refractivity contribution in [1.82, 2.24) is 9.80 Å². The van der Waals surface area contributed by atoms with E-state index in [-0.39, 0.29) is 24.9 Å². The van der Waals surface area contributed by atoms with Gasteiger partial charge in [-0.05, 0) is 56.5 Å². The summed E-state index contributed by atoms with van der Waals surface area (Å²) in [6.45, 7) is 3.24. The molecule has 1 aromatic carbocycles. The molecule has 0 saturated carbocycles. The number of hydrogen-bond acceptors (Lipinski definition) is 3. The first-order chi connectivity index (χ1) is 12.4. The number of hydrogen-bond donors (Lipinski definition) is 1. The molecule has 1 aromatic rings. The number of likely N-dealkylation sites (tertiary alicyclic amines) is 2. The first-order valence-corrected chi connectivity index (χ1v) is 9.88.